The Morgan fingerprint density at radius 2 is 1.50 bits per heavy atom. The van der Waals surface area contributed by atoms with Crippen LogP contribution in [0.25, 0.3) is 0 Å². The van der Waals surface area contributed by atoms with E-state index in [9.17, 15) is 0 Å². The van der Waals surface area contributed by atoms with Gasteiger partial charge in [-0.3, -0.25) is 0 Å². The first-order chi connectivity index (χ1) is 6.74. The maximum atomic E-state index is 8.87. The Labute approximate surface area is 87.5 Å². The van der Waals surface area contributed by atoms with Gasteiger partial charge in [0.05, 0.1) is 6.07 Å². The molecule has 0 aromatic heterocycles. The molecule has 0 aromatic rings. The molecule has 1 heteroatoms. The summed E-state index contributed by atoms with van der Waals surface area (Å²) in [6.45, 7) is 2.38. The summed E-state index contributed by atoms with van der Waals surface area (Å²) >= 11 is 0. The monoisotopic (exact) mass is 191 g/mol. The van der Waals surface area contributed by atoms with Gasteiger partial charge in [0.15, 0.2) is 0 Å². The second-order valence-electron chi connectivity index (χ2n) is 5.59. The van der Waals surface area contributed by atoms with E-state index in [2.05, 4.69) is 13.0 Å². The van der Waals surface area contributed by atoms with Crippen molar-refractivity contribution in [3.8, 4) is 6.07 Å². The van der Waals surface area contributed by atoms with Crippen LogP contribution in [0.15, 0.2) is 0 Å². The summed E-state index contributed by atoms with van der Waals surface area (Å²) < 4.78 is 0. The van der Waals surface area contributed by atoms with Crippen molar-refractivity contribution in [1.29, 1.82) is 5.26 Å². The topological polar surface area (TPSA) is 23.8 Å². The summed E-state index contributed by atoms with van der Waals surface area (Å²) in [5.74, 6) is 1.33. The Hall–Kier alpha value is -0.510. The van der Waals surface area contributed by atoms with Crippen molar-refractivity contribution < 1.29 is 0 Å². The largest absolute Gasteiger partial charge is 0.198 e. The SMILES string of the molecule is CC1CCC2(CC1)CCC(C#N)CC2. The molecule has 14 heavy (non-hydrogen) atoms. The Kier molecular flexibility index (Phi) is 2.81. The molecule has 2 aliphatic rings. The lowest BCUT2D eigenvalue weighted by molar-refractivity contribution is 0.0898. The van der Waals surface area contributed by atoms with E-state index in [1.165, 1.54) is 51.4 Å². The number of nitriles is 1. The minimum Gasteiger partial charge on any atom is -0.198 e. The molecule has 2 aliphatic carbocycles. The highest BCUT2D eigenvalue weighted by atomic mass is 14.4. The highest BCUT2D eigenvalue weighted by Gasteiger charge is 2.37. The molecule has 0 N–H and O–H groups in total. The van der Waals surface area contributed by atoms with E-state index in [1.807, 2.05) is 0 Å². The second kappa shape index (κ2) is 3.93. The second-order valence-corrected chi connectivity index (χ2v) is 5.59. The van der Waals surface area contributed by atoms with Crippen molar-refractivity contribution in [2.24, 2.45) is 17.3 Å². The lowest BCUT2D eigenvalue weighted by Crippen LogP contribution is -2.31. The molecular weight excluding hydrogens is 170 g/mol. The van der Waals surface area contributed by atoms with Crippen molar-refractivity contribution in [2.75, 3.05) is 0 Å². The van der Waals surface area contributed by atoms with E-state index >= 15 is 0 Å². The van der Waals surface area contributed by atoms with Crippen LogP contribution >= 0.6 is 0 Å². The molecule has 0 bridgehead atoms. The molecule has 2 saturated carbocycles. The summed E-state index contributed by atoms with van der Waals surface area (Å²) in [5.41, 5.74) is 0.667. The number of hydrogen-bond donors (Lipinski definition) is 0. The molecule has 2 fully saturated rings. The zero-order chi connectivity index (χ0) is 10.0. The summed E-state index contributed by atoms with van der Waals surface area (Å²) in [7, 11) is 0. The molecule has 0 amide bonds. The Morgan fingerprint density at radius 3 is 2.00 bits per heavy atom. The van der Waals surface area contributed by atoms with Gasteiger partial charge in [0, 0.05) is 5.92 Å². The van der Waals surface area contributed by atoms with Crippen LogP contribution in [0.3, 0.4) is 0 Å². The molecule has 0 heterocycles. The molecule has 0 unspecified atom stereocenters. The van der Waals surface area contributed by atoms with Crippen molar-refractivity contribution in [3.63, 3.8) is 0 Å². The third-order valence-electron chi connectivity index (χ3n) is 4.56. The maximum absolute atomic E-state index is 8.87. The van der Waals surface area contributed by atoms with Gasteiger partial charge in [0.25, 0.3) is 0 Å². The summed E-state index contributed by atoms with van der Waals surface area (Å²) in [5, 5.41) is 8.87. The van der Waals surface area contributed by atoms with Gasteiger partial charge in [-0.1, -0.05) is 19.8 Å². The number of nitrogens with zero attached hydrogens (tertiary/aromatic N) is 1. The minimum atomic E-state index is 0.375. The Bertz CT molecular complexity index is 220. The first-order valence-electron chi connectivity index (χ1n) is 6.14. The van der Waals surface area contributed by atoms with Gasteiger partial charge in [-0.05, 0) is 49.9 Å². The zero-order valence-corrected chi connectivity index (χ0v) is 9.26. The van der Waals surface area contributed by atoms with E-state index in [0.717, 1.165) is 5.92 Å². The Morgan fingerprint density at radius 1 is 1.00 bits per heavy atom. The number of rotatable bonds is 0. The average molecular weight is 191 g/mol. The van der Waals surface area contributed by atoms with Crippen LogP contribution < -0.4 is 0 Å². The fraction of sp³-hybridized carbons (Fsp3) is 0.923. The van der Waals surface area contributed by atoms with Gasteiger partial charge in [0.2, 0.25) is 0 Å². The standard InChI is InChI=1S/C13H21N/c1-11-2-6-13(7-3-11)8-4-12(10-14)5-9-13/h11-12H,2-9H2,1H3. The Balaban J connectivity index is 1.90. The van der Waals surface area contributed by atoms with Crippen LogP contribution in [-0.2, 0) is 0 Å². The van der Waals surface area contributed by atoms with Gasteiger partial charge in [-0.15, -0.1) is 0 Å². The smallest absolute Gasteiger partial charge is 0.0655 e. The highest BCUT2D eigenvalue weighted by molar-refractivity contribution is 4.94. The van der Waals surface area contributed by atoms with Gasteiger partial charge in [0.1, 0.15) is 0 Å². The molecule has 78 valence electrons. The lowest BCUT2D eigenvalue weighted by Gasteiger charge is -2.43. The van der Waals surface area contributed by atoms with E-state index in [4.69, 9.17) is 5.26 Å². The van der Waals surface area contributed by atoms with E-state index in [0.29, 0.717) is 11.3 Å². The predicted molar refractivity (Wildman–Crippen MR) is 57.6 cm³/mol. The fourth-order valence-electron chi connectivity index (χ4n) is 3.23. The van der Waals surface area contributed by atoms with Crippen molar-refractivity contribution >= 4 is 0 Å². The first kappa shape index (κ1) is 10.0. The molecule has 2 rings (SSSR count). The predicted octanol–water partition coefficient (Wildman–Crippen LogP) is 3.90. The van der Waals surface area contributed by atoms with Crippen molar-refractivity contribution in [1.82, 2.24) is 0 Å². The van der Waals surface area contributed by atoms with Gasteiger partial charge in [-0.2, -0.15) is 5.26 Å². The molecule has 0 radical (unpaired) electrons. The highest BCUT2D eigenvalue weighted by Crippen LogP contribution is 2.49. The molecule has 0 saturated heterocycles. The lowest BCUT2D eigenvalue weighted by atomic mass is 9.62. The van der Waals surface area contributed by atoms with Crippen LogP contribution in [0.1, 0.15) is 58.3 Å². The third kappa shape index (κ3) is 1.95. The molecular formula is C13H21N. The van der Waals surface area contributed by atoms with E-state index in [-0.39, 0.29) is 0 Å². The van der Waals surface area contributed by atoms with E-state index in [1.54, 1.807) is 0 Å². The number of hydrogen-bond acceptors (Lipinski definition) is 1. The van der Waals surface area contributed by atoms with Crippen LogP contribution in [-0.4, -0.2) is 0 Å². The molecule has 0 aliphatic heterocycles. The van der Waals surface area contributed by atoms with Gasteiger partial charge < -0.3 is 0 Å². The molecule has 0 aromatic carbocycles. The summed E-state index contributed by atoms with van der Waals surface area (Å²) in [4.78, 5) is 0. The van der Waals surface area contributed by atoms with Crippen LogP contribution in [0.2, 0.25) is 0 Å². The minimum absolute atomic E-state index is 0.375. The van der Waals surface area contributed by atoms with Crippen molar-refractivity contribution in [3.05, 3.63) is 0 Å². The third-order valence-corrected chi connectivity index (χ3v) is 4.56. The van der Waals surface area contributed by atoms with Crippen LogP contribution in [0.5, 0.6) is 0 Å². The first-order valence-corrected chi connectivity index (χ1v) is 6.14. The van der Waals surface area contributed by atoms with Crippen LogP contribution in [0.4, 0.5) is 0 Å². The quantitative estimate of drug-likeness (QED) is 0.569. The maximum Gasteiger partial charge on any atom is 0.0655 e. The van der Waals surface area contributed by atoms with Gasteiger partial charge >= 0.3 is 0 Å². The van der Waals surface area contributed by atoms with Crippen molar-refractivity contribution in [2.45, 2.75) is 58.3 Å². The zero-order valence-electron chi connectivity index (χ0n) is 9.26. The molecule has 1 spiro atoms. The normalized spacial score (nSPS) is 43.4. The van der Waals surface area contributed by atoms with E-state index < -0.39 is 0 Å². The molecule has 1 nitrogen and oxygen atoms in total. The summed E-state index contributed by atoms with van der Waals surface area (Å²) in [6.07, 6.45) is 10.7. The fourth-order valence-corrected chi connectivity index (χ4v) is 3.23. The average Bonchev–Trinajstić information content (AvgIpc) is 2.24. The molecule has 0 atom stereocenters. The summed E-state index contributed by atoms with van der Waals surface area (Å²) in [6, 6.07) is 2.43. The van der Waals surface area contributed by atoms with Gasteiger partial charge in [-0.25, -0.2) is 0 Å². The van der Waals surface area contributed by atoms with Crippen LogP contribution in [0, 0.1) is 28.6 Å².